The highest BCUT2D eigenvalue weighted by atomic mass is 16.5. The molecule has 3 nitrogen and oxygen atoms in total. The van der Waals surface area contributed by atoms with Crippen molar-refractivity contribution in [3.05, 3.63) is 23.3 Å². The zero-order valence-electron chi connectivity index (χ0n) is 9.45. The molecule has 0 fully saturated rings. The summed E-state index contributed by atoms with van der Waals surface area (Å²) in [5.41, 5.74) is 2.30. The smallest absolute Gasteiger partial charge is 0.488 e. The van der Waals surface area contributed by atoms with Gasteiger partial charge in [0.25, 0.3) is 0 Å². The Bertz CT molecular complexity index is 337. The largest absolute Gasteiger partial charge is 0.493 e. The Morgan fingerprint density at radius 3 is 2.40 bits per heavy atom. The molecule has 0 saturated heterocycles. The maximum Gasteiger partial charge on any atom is 0.488 e. The second-order valence-corrected chi connectivity index (χ2v) is 3.70. The Hall–Kier alpha value is -0.995. The van der Waals surface area contributed by atoms with E-state index in [0.717, 1.165) is 23.3 Å². The fraction of sp³-hybridized carbons (Fsp3) is 0.455. The highest BCUT2D eigenvalue weighted by Gasteiger charge is 2.15. The molecule has 0 aromatic heterocycles. The van der Waals surface area contributed by atoms with Crippen LogP contribution in [0, 0.1) is 13.8 Å². The summed E-state index contributed by atoms with van der Waals surface area (Å²) in [4.78, 5) is 0. The van der Waals surface area contributed by atoms with Gasteiger partial charge in [0.15, 0.2) is 0 Å². The summed E-state index contributed by atoms with van der Waals surface area (Å²) in [5.74, 6) is 0.818. The molecule has 2 N–H and O–H groups in total. The Morgan fingerprint density at radius 2 is 1.87 bits per heavy atom. The van der Waals surface area contributed by atoms with Gasteiger partial charge in [-0.2, -0.15) is 0 Å². The molecule has 0 heterocycles. The molecule has 1 aromatic rings. The van der Waals surface area contributed by atoms with E-state index in [1.807, 2.05) is 26.8 Å². The number of ether oxygens (including phenoxy) is 1. The van der Waals surface area contributed by atoms with E-state index >= 15 is 0 Å². The molecule has 0 aliphatic rings. The fourth-order valence-electron chi connectivity index (χ4n) is 1.46. The molecule has 4 heteroatoms. The highest BCUT2D eigenvalue weighted by Crippen LogP contribution is 2.18. The van der Waals surface area contributed by atoms with E-state index in [-0.39, 0.29) is 0 Å². The molecule has 1 rings (SSSR count). The van der Waals surface area contributed by atoms with Crippen molar-refractivity contribution >= 4 is 12.6 Å². The minimum absolute atomic E-state index is 0.538. The lowest BCUT2D eigenvalue weighted by atomic mass is 9.76. The van der Waals surface area contributed by atoms with Gasteiger partial charge in [-0.1, -0.05) is 13.0 Å². The van der Waals surface area contributed by atoms with Crippen molar-refractivity contribution in [1.29, 1.82) is 0 Å². The van der Waals surface area contributed by atoms with Gasteiger partial charge >= 0.3 is 7.12 Å². The van der Waals surface area contributed by atoms with Crippen molar-refractivity contribution in [2.24, 2.45) is 0 Å². The SMILES string of the molecule is CCCOc1cc(C)c(B(O)O)cc1C. The summed E-state index contributed by atoms with van der Waals surface area (Å²) in [6.07, 6.45) is 0.961. The van der Waals surface area contributed by atoms with Gasteiger partial charge in [-0.15, -0.1) is 0 Å². The van der Waals surface area contributed by atoms with Crippen LogP contribution < -0.4 is 10.2 Å². The molecular weight excluding hydrogens is 191 g/mol. The van der Waals surface area contributed by atoms with E-state index in [2.05, 4.69) is 0 Å². The Morgan fingerprint density at radius 1 is 1.20 bits per heavy atom. The third-order valence-electron chi connectivity index (χ3n) is 2.30. The topological polar surface area (TPSA) is 49.7 Å². The number of rotatable bonds is 4. The lowest BCUT2D eigenvalue weighted by Crippen LogP contribution is -2.32. The molecule has 0 saturated carbocycles. The molecule has 1 aromatic carbocycles. The monoisotopic (exact) mass is 208 g/mol. The summed E-state index contributed by atoms with van der Waals surface area (Å²) in [5, 5.41) is 18.2. The van der Waals surface area contributed by atoms with Crippen molar-refractivity contribution in [3.8, 4) is 5.75 Å². The lowest BCUT2D eigenvalue weighted by Gasteiger charge is -2.12. The Kier molecular flexibility index (Phi) is 4.18. The first-order chi connectivity index (χ1) is 7.06. The minimum atomic E-state index is -1.41. The second-order valence-electron chi connectivity index (χ2n) is 3.70. The zero-order chi connectivity index (χ0) is 11.4. The maximum absolute atomic E-state index is 9.11. The molecular formula is C11H17BO3. The van der Waals surface area contributed by atoms with Gasteiger partial charge in [0.05, 0.1) is 6.61 Å². The van der Waals surface area contributed by atoms with Crippen LogP contribution in [0.2, 0.25) is 0 Å². The van der Waals surface area contributed by atoms with E-state index < -0.39 is 7.12 Å². The van der Waals surface area contributed by atoms with Crippen LogP contribution in [0.4, 0.5) is 0 Å². The van der Waals surface area contributed by atoms with Crippen molar-refractivity contribution in [2.45, 2.75) is 27.2 Å². The first-order valence-electron chi connectivity index (χ1n) is 5.16. The van der Waals surface area contributed by atoms with Crippen LogP contribution in [0.1, 0.15) is 24.5 Å². The predicted molar refractivity (Wildman–Crippen MR) is 61.5 cm³/mol. The summed E-state index contributed by atoms with van der Waals surface area (Å²) >= 11 is 0. The number of hydrogen-bond acceptors (Lipinski definition) is 3. The van der Waals surface area contributed by atoms with E-state index in [9.17, 15) is 0 Å². The molecule has 0 atom stereocenters. The number of hydrogen-bond donors (Lipinski definition) is 2. The summed E-state index contributed by atoms with van der Waals surface area (Å²) in [7, 11) is -1.41. The van der Waals surface area contributed by atoms with Crippen LogP contribution in [-0.2, 0) is 0 Å². The molecule has 0 unspecified atom stereocenters. The molecule has 0 spiro atoms. The molecule has 82 valence electrons. The van der Waals surface area contributed by atoms with Gasteiger partial charge in [0, 0.05) is 0 Å². The molecule has 0 amide bonds. The maximum atomic E-state index is 9.11. The number of aryl methyl sites for hydroxylation is 2. The van der Waals surface area contributed by atoms with Gasteiger partial charge < -0.3 is 14.8 Å². The zero-order valence-corrected chi connectivity index (χ0v) is 9.45. The normalized spacial score (nSPS) is 10.2. The minimum Gasteiger partial charge on any atom is -0.493 e. The standard InChI is InChI=1S/C11H17BO3/c1-4-5-15-11-7-8(2)10(12(13)14)6-9(11)3/h6-7,13-14H,4-5H2,1-3H3. The van der Waals surface area contributed by atoms with E-state index in [1.165, 1.54) is 0 Å². The van der Waals surface area contributed by atoms with Crippen LogP contribution in [0.5, 0.6) is 5.75 Å². The molecule has 0 bridgehead atoms. The first-order valence-corrected chi connectivity index (χ1v) is 5.16. The molecule has 0 aliphatic heterocycles. The van der Waals surface area contributed by atoms with Gasteiger partial charge in [-0.05, 0) is 42.9 Å². The van der Waals surface area contributed by atoms with Crippen LogP contribution in [0.3, 0.4) is 0 Å². The predicted octanol–water partition coefficient (Wildman–Crippen LogP) is 0.772. The molecule has 0 aliphatic carbocycles. The fourth-order valence-corrected chi connectivity index (χ4v) is 1.46. The molecule has 15 heavy (non-hydrogen) atoms. The van der Waals surface area contributed by atoms with E-state index in [1.54, 1.807) is 6.07 Å². The van der Waals surface area contributed by atoms with Crippen LogP contribution in [0.15, 0.2) is 12.1 Å². The Labute approximate surface area is 90.9 Å². The molecule has 0 radical (unpaired) electrons. The Balaban J connectivity index is 2.97. The van der Waals surface area contributed by atoms with Crippen molar-refractivity contribution in [1.82, 2.24) is 0 Å². The number of benzene rings is 1. The summed E-state index contributed by atoms with van der Waals surface area (Å²) in [6.45, 7) is 6.47. The average Bonchev–Trinajstić information content (AvgIpc) is 2.18. The average molecular weight is 208 g/mol. The van der Waals surface area contributed by atoms with Crippen molar-refractivity contribution in [2.75, 3.05) is 6.61 Å². The van der Waals surface area contributed by atoms with Gasteiger partial charge in [0.1, 0.15) is 5.75 Å². The van der Waals surface area contributed by atoms with Crippen LogP contribution in [-0.4, -0.2) is 23.8 Å². The quantitative estimate of drug-likeness (QED) is 0.718. The summed E-state index contributed by atoms with van der Waals surface area (Å²) < 4.78 is 5.54. The second kappa shape index (κ2) is 5.19. The van der Waals surface area contributed by atoms with E-state index in [0.29, 0.717) is 12.1 Å². The lowest BCUT2D eigenvalue weighted by molar-refractivity contribution is 0.315. The highest BCUT2D eigenvalue weighted by molar-refractivity contribution is 6.59. The van der Waals surface area contributed by atoms with Gasteiger partial charge in [0.2, 0.25) is 0 Å². The first kappa shape index (κ1) is 12.1. The van der Waals surface area contributed by atoms with Gasteiger partial charge in [-0.3, -0.25) is 0 Å². The van der Waals surface area contributed by atoms with Gasteiger partial charge in [-0.25, -0.2) is 0 Å². The third kappa shape index (κ3) is 2.98. The summed E-state index contributed by atoms with van der Waals surface area (Å²) in [6, 6.07) is 3.60. The van der Waals surface area contributed by atoms with Crippen molar-refractivity contribution < 1.29 is 14.8 Å². The van der Waals surface area contributed by atoms with Crippen LogP contribution >= 0.6 is 0 Å². The van der Waals surface area contributed by atoms with Crippen LogP contribution in [0.25, 0.3) is 0 Å². The van der Waals surface area contributed by atoms with Crippen molar-refractivity contribution in [3.63, 3.8) is 0 Å². The third-order valence-corrected chi connectivity index (χ3v) is 2.30. The van der Waals surface area contributed by atoms with E-state index in [4.69, 9.17) is 14.8 Å².